The molecule has 9 heteroatoms. The molecule has 1 saturated heterocycles. The zero-order valence-electron chi connectivity index (χ0n) is 21.3. The second kappa shape index (κ2) is 13.0. The van der Waals surface area contributed by atoms with Gasteiger partial charge in [-0.25, -0.2) is 9.78 Å². The monoisotopic (exact) mass is 499 g/mol. The first-order valence-corrected chi connectivity index (χ1v) is 13.8. The standard InChI is InChI=1S/C27H41N5O4/c33-25(29-17-23(27(35)36)31-26(34)20-7-2-1-3-8-20)21-10-5-15-32(18-21)16-6-11-22-13-12-19-9-4-14-28-24(19)30-22/h12-13,20-21,23H,1-11,14-18H2,(H,28,30)(H,29,33)(H,31,34)(H,35,36). The Labute approximate surface area is 213 Å². The molecule has 2 fully saturated rings. The van der Waals surface area contributed by atoms with E-state index in [9.17, 15) is 19.5 Å². The fraction of sp³-hybridized carbons (Fsp3) is 0.704. The molecule has 2 atom stereocenters. The van der Waals surface area contributed by atoms with Gasteiger partial charge in [0.1, 0.15) is 11.9 Å². The van der Waals surface area contributed by atoms with Gasteiger partial charge in [0.05, 0.1) is 5.92 Å². The molecule has 9 nitrogen and oxygen atoms in total. The van der Waals surface area contributed by atoms with Gasteiger partial charge in [-0.1, -0.05) is 25.3 Å². The molecule has 36 heavy (non-hydrogen) atoms. The van der Waals surface area contributed by atoms with E-state index >= 15 is 0 Å². The minimum atomic E-state index is -1.12. The number of carbonyl (C=O) groups excluding carboxylic acids is 2. The normalized spacial score (nSPS) is 21.6. The van der Waals surface area contributed by atoms with E-state index in [1.54, 1.807) is 0 Å². The molecule has 1 aromatic rings. The molecule has 1 aromatic heterocycles. The number of fused-ring (bicyclic) bond motifs is 1. The largest absolute Gasteiger partial charge is 0.480 e. The number of anilines is 1. The minimum absolute atomic E-state index is 0.0822. The maximum atomic E-state index is 12.8. The number of pyridine rings is 1. The highest BCUT2D eigenvalue weighted by molar-refractivity contribution is 5.86. The molecule has 1 aliphatic carbocycles. The van der Waals surface area contributed by atoms with E-state index in [4.69, 9.17) is 4.98 Å². The summed E-state index contributed by atoms with van der Waals surface area (Å²) in [6.07, 6.45) is 10.6. The van der Waals surface area contributed by atoms with Crippen LogP contribution in [0.1, 0.15) is 69.0 Å². The average Bonchev–Trinajstić information content (AvgIpc) is 2.91. The third-order valence-electron chi connectivity index (χ3n) is 7.81. The Hall–Kier alpha value is -2.68. The van der Waals surface area contributed by atoms with Crippen molar-refractivity contribution in [1.82, 2.24) is 20.5 Å². The molecule has 3 heterocycles. The number of aryl methyl sites for hydroxylation is 2. The average molecular weight is 500 g/mol. The van der Waals surface area contributed by atoms with Gasteiger partial charge in [-0.05, 0) is 76.1 Å². The number of nitrogens with zero attached hydrogens (tertiary/aromatic N) is 2. The van der Waals surface area contributed by atoms with Crippen molar-refractivity contribution in [3.05, 3.63) is 23.4 Å². The number of rotatable bonds is 10. The quantitative estimate of drug-likeness (QED) is 0.390. The summed E-state index contributed by atoms with van der Waals surface area (Å²) in [7, 11) is 0. The fourth-order valence-electron chi connectivity index (χ4n) is 5.67. The lowest BCUT2D eigenvalue weighted by atomic mass is 9.88. The van der Waals surface area contributed by atoms with Crippen molar-refractivity contribution in [2.45, 2.75) is 76.7 Å². The lowest BCUT2D eigenvalue weighted by Crippen LogP contribution is -2.52. The first kappa shape index (κ1) is 26.4. The van der Waals surface area contributed by atoms with Gasteiger partial charge >= 0.3 is 5.97 Å². The van der Waals surface area contributed by atoms with E-state index < -0.39 is 12.0 Å². The third kappa shape index (κ3) is 7.41. The number of carbonyl (C=O) groups is 3. The predicted molar refractivity (Wildman–Crippen MR) is 138 cm³/mol. The van der Waals surface area contributed by atoms with Crippen LogP contribution in [0.25, 0.3) is 0 Å². The van der Waals surface area contributed by atoms with Gasteiger partial charge in [0, 0.05) is 31.2 Å². The highest BCUT2D eigenvalue weighted by Crippen LogP contribution is 2.24. The maximum Gasteiger partial charge on any atom is 0.328 e. The summed E-state index contributed by atoms with van der Waals surface area (Å²) in [6.45, 7) is 3.46. The van der Waals surface area contributed by atoms with Crippen LogP contribution in [0.4, 0.5) is 5.82 Å². The highest BCUT2D eigenvalue weighted by Gasteiger charge is 2.29. The molecule has 4 rings (SSSR count). The topological polar surface area (TPSA) is 124 Å². The Morgan fingerprint density at radius 2 is 1.86 bits per heavy atom. The van der Waals surface area contributed by atoms with Gasteiger partial charge in [-0.15, -0.1) is 0 Å². The molecule has 0 spiro atoms. The summed E-state index contributed by atoms with van der Waals surface area (Å²) >= 11 is 0. The lowest BCUT2D eigenvalue weighted by Gasteiger charge is -2.32. The number of likely N-dealkylation sites (tertiary alicyclic amines) is 1. The molecule has 2 amide bonds. The van der Waals surface area contributed by atoms with Crippen molar-refractivity contribution in [3.8, 4) is 0 Å². The molecule has 1 saturated carbocycles. The van der Waals surface area contributed by atoms with Crippen LogP contribution in [0.3, 0.4) is 0 Å². The molecule has 0 aromatic carbocycles. The Kier molecular flexibility index (Phi) is 9.55. The summed E-state index contributed by atoms with van der Waals surface area (Å²) in [5, 5.41) is 18.4. The third-order valence-corrected chi connectivity index (χ3v) is 7.81. The van der Waals surface area contributed by atoms with Gasteiger partial charge in [0.2, 0.25) is 11.8 Å². The van der Waals surface area contributed by atoms with Gasteiger partial charge in [-0.3, -0.25) is 9.59 Å². The van der Waals surface area contributed by atoms with E-state index in [2.05, 4.69) is 33.0 Å². The highest BCUT2D eigenvalue weighted by atomic mass is 16.4. The number of amides is 2. The molecular weight excluding hydrogens is 458 g/mol. The van der Waals surface area contributed by atoms with Crippen molar-refractivity contribution in [2.24, 2.45) is 11.8 Å². The smallest absolute Gasteiger partial charge is 0.328 e. The van der Waals surface area contributed by atoms with Crippen molar-refractivity contribution in [3.63, 3.8) is 0 Å². The number of nitrogens with one attached hydrogen (secondary N) is 3. The molecule has 2 aliphatic heterocycles. The van der Waals surface area contributed by atoms with Crippen molar-refractivity contribution in [2.75, 3.05) is 38.0 Å². The number of hydrogen-bond acceptors (Lipinski definition) is 6. The minimum Gasteiger partial charge on any atom is -0.480 e. The number of piperidine rings is 1. The van der Waals surface area contributed by atoms with Crippen molar-refractivity contribution >= 4 is 23.6 Å². The second-order valence-electron chi connectivity index (χ2n) is 10.6. The van der Waals surface area contributed by atoms with E-state index in [-0.39, 0.29) is 30.2 Å². The molecule has 198 valence electrons. The lowest BCUT2D eigenvalue weighted by molar-refractivity contribution is -0.142. The van der Waals surface area contributed by atoms with E-state index in [0.29, 0.717) is 6.54 Å². The van der Waals surface area contributed by atoms with Crippen LogP contribution in [-0.4, -0.2) is 71.5 Å². The Bertz CT molecular complexity index is 917. The Balaban J connectivity index is 1.19. The zero-order valence-corrected chi connectivity index (χ0v) is 21.3. The van der Waals surface area contributed by atoms with Crippen LogP contribution in [0, 0.1) is 11.8 Å². The van der Waals surface area contributed by atoms with Crippen LogP contribution in [0.5, 0.6) is 0 Å². The van der Waals surface area contributed by atoms with Crippen molar-refractivity contribution in [1.29, 1.82) is 0 Å². The number of hydrogen-bond donors (Lipinski definition) is 4. The van der Waals surface area contributed by atoms with Gasteiger partial charge in [-0.2, -0.15) is 0 Å². The molecule has 0 radical (unpaired) electrons. The van der Waals surface area contributed by atoms with Crippen LogP contribution in [0.15, 0.2) is 12.1 Å². The van der Waals surface area contributed by atoms with E-state index in [0.717, 1.165) is 102 Å². The van der Waals surface area contributed by atoms with E-state index in [1.807, 2.05) is 0 Å². The molecule has 2 unspecified atom stereocenters. The number of aliphatic carboxylic acids is 1. The molecule has 3 aliphatic rings. The van der Waals surface area contributed by atoms with Crippen LogP contribution < -0.4 is 16.0 Å². The van der Waals surface area contributed by atoms with Crippen LogP contribution in [0.2, 0.25) is 0 Å². The summed E-state index contributed by atoms with van der Waals surface area (Å²) in [6, 6.07) is 3.22. The summed E-state index contributed by atoms with van der Waals surface area (Å²) in [5.74, 6) is -0.687. The fourth-order valence-corrected chi connectivity index (χ4v) is 5.67. The SMILES string of the molecule is O=C(NCC(NC(=O)C1CCCCC1)C(=O)O)C1CCCN(CCCc2ccc3c(n2)NCCC3)C1. The second-order valence-corrected chi connectivity index (χ2v) is 10.6. The van der Waals surface area contributed by atoms with Crippen LogP contribution in [-0.2, 0) is 27.2 Å². The number of aromatic nitrogens is 1. The summed E-state index contributed by atoms with van der Waals surface area (Å²) in [4.78, 5) is 44.1. The molecule has 4 N–H and O–H groups in total. The summed E-state index contributed by atoms with van der Waals surface area (Å²) < 4.78 is 0. The molecular formula is C27H41N5O4. The number of carboxylic acids is 1. The van der Waals surface area contributed by atoms with E-state index in [1.165, 1.54) is 5.56 Å². The zero-order chi connectivity index (χ0) is 25.3. The first-order valence-electron chi connectivity index (χ1n) is 13.8. The van der Waals surface area contributed by atoms with Gasteiger partial charge in [0.25, 0.3) is 0 Å². The van der Waals surface area contributed by atoms with Crippen molar-refractivity contribution < 1.29 is 19.5 Å². The van der Waals surface area contributed by atoms with Crippen LogP contribution >= 0.6 is 0 Å². The Morgan fingerprint density at radius 1 is 1.06 bits per heavy atom. The predicted octanol–water partition coefficient (Wildman–Crippen LogP) is 2.35. The van der Waals surface area contributed by atoms with Gasteiger partial charge < -0.3 is 26.0 Å². The summed E-state index contributed by atoms with van der Waals surface area (Å²) in [5.41, 5.74) is 2.40. The van der Waals surface area contributed by atoms with Gasteiger partial charge in [0.15, 0.2) is 0 Å². The first-order chi connectivity index (χ1) is 17.5. The number of carboxylic acid groups (broad SMARTS) is 1. The molecule has 0 bridgehead atoms. The Morgan fingerprint density at radius 3 is 2.67 bits per heavy atom. The maximum absolute atomic E-state index is 12.8.